The number of nitrogens with one attached hydrogen (secondary N) is 1. The van der Waals surface area contributed by atoms with E-state index in [-0.39, 0.29) is 18.1 Å². The van der Waals surface area contributed by atoms with Gasteiger partial charge < -0.3 is 10.2 Å². The van der Waals surface area contributed by atoms with Crippen molar-refractivity contribution in [2.45, 2.75) is 19.3 Å². The molecular weight excluding hydrogens is 327 g/mol. The molecule has 1 fully saturated rings. The van der Waals surface area contributed by atoms with Crippen LogP contribution in [0.15, 0.2) is 60.7 Å². The van der Waals surface area contributed by atoms with Crippen molar-refractivity contribution in [2.75, 3.05) is 23.3 Å². The first kappa shape index (κ1) is 16.6. The maximum absolute atomic E-state index is 14.0. The highest BCUT2D eigenvalue weighted by atomic mass is 19.1. The van der Waals surface area contributed by atoms with E-state index in [1.807, 2.05) is 48.5 Å². The Balaban J connectivity index is 1.53. The van der Waals surface area contributed by atoms with Crippen molar-refractivity contribution in [1.29, 1.82) is 0 Å². The Bertz CT molecular complexity index is 943. The van der Waals surface area contributed by atoms with Crippen LogP contribution in [0.2, 0.25) is 0 Å². The van der Waals surface area contributed by atoms with Crippen LogP contribution < -0.4 is 10.2 Å². The number of carbonyl (C=O) groups excluding carboxylic acids is 1. The molecule has 0 saturated carbocycles. The number of hydrogen-bond acceptors (Lipinski definition) is 2. The van der Waals surface area contributed by atoms with Crippen LogP contribution in [0.25, 0.3) is 10.8 Å². The van der Waals surface area contributed by atoms with Crippen LogP contribution >= 0.6 is 0 Å². The van der Waals surface area contributed by atoms with E-state index in [1.54, 1.807) is 0 Å². The van der Waals surface area contributed by atoms with Crippen molar-refractivity contribution in [1.82, 2.24) is 0 Å². The van der Waals surface area contributed by atoms with Crippen LogP contribution in [-0.2, 0) is 11.2 Å². The van der Waals surface area contributed by atoms with E-state index in [9.17, 15) is 9.18 Å². The van der Waals surface area contributed by atoms with Crippen LogP contribution in [0.5, 0.6) is 0 Å². The van der Waals surface area contributed by atoms with E-state index in [4.69, 9.17) is 0 Å². The molecule has 4 rings (SSSR count). The van der Waals surface area contributed by atoms with Gasteiger partial charge in [-0.2, -0.15) is 0 Å². The van der Waals surface area contributed by atoms with Gasteiger partial charge in [0.2, 0.25) is 5.91 Å². The third-order valence-corrected chi connectivity index (χ3v) is 4.87. The van der Waals surface area contributed by atoms with Gasteiger partial charge in [0.15, 0.2) is 0 Å². The first-order valence-electron chi connectivity index (χ1n) is 9.01. The number of rotatable bonds is 4. The Labute approximate surface area is 152 Å². The molecule has 0 unspecified atom stereocenters. The van der Waals surface area contributed by atoms with Crippen LogP contribution in [-0.4, -0.2) is 19.0 Å². The molecule has 0 bridgehead atoms. The lowest BCUT2D eigenvalue weighted by atomic mass is 10.0. The minimum absolute atomic E-state index is 0.140. The van der Waals surface area contributed by atoms with Gasteiger partial charge in [-0.15, -0.1) is 0 Å². The third-order valence-electron chi connectivity index (χ3n) is 4.87. The van der Waals surface area contributed by atoms with E-state index < -0.39 is 0 Å². The van der Waals surface area contributed by atoms with Crippen molar-refractivity contribution >= 4 is 28.1 Å². The van der Waals surface area contributed by atoms with Crippen molar-refractivity contribution in [3.63, 3.8) is 0 Å². The fourth-order valence-electron chi connectivity index (χ4n) is 3.63. The highest BCUT2D eigenvalue weighted by Crippen LogP contribution is 2.25. The maximum Gasteiger partial charge on any atom is 0.228 e. The zero-order valence-electron chi connectivity index (χ0n) is 14.5. The second kappa shape index (κ2) is 7.16. The fraction of sp³-hybridized carbons (Fsp3) is 0.227. The summed E-state index contributed by atoms with van der Waals surface area (Å²) in [7, 11) is 0. The van der Waals surface area contributed by atoms with Gasteiger partial charge >= 0.3 is 0 Å². The predicted octanol–water partition coefficient (Wildman–Crippen LogP) is 4.76. The van der Waals surface area contributed by atoms with Gasteiger partial charge in [0.1, 0.15) is 5.82 Å². The molecule has 1 aliphatic heterocycles. The highest BCUT2D eigenvalue weighted by molar-refractivity contribution is 5.96. The summed E-state index contributed by atoms with van der Waals surface area (Å²) in [5, 5.41) is 5.04. The van der Waals surface area contributed by atoms with Crippen molar-refractivity contribution < 1.29 is 9.18 Å². The number of carbonyl (C=O) groups is 1. The van der Waals surface area contributed by atoms with Crippen molar-refractivity contribution in [3.8, 4) is 0 Å². The number of halogens is 1. The summed E-state index contributed by atoms with van der Waals surface area (Å²) in [5.41, 5.74) is 2.32. The minimum Gasteiger partial charge on any atom is -0.371 e. The van der Waals surface area contributed by atoms with Gasteiger partial charge in [0, 0.05) is 24.5 Å². The lowest BCUT2D eigenvalue weighted by Crippen LogP contribution is -2.19. The lowest BCUT2D eigenvalue weighted by Gasteiger charge is -2.19. The topological polar surface area (TPSA) is 32.3 Å². The minimum atomic E-state index is -0.324. The smallest absolute Gasteiger partial charge is 0.228 e. The van der Waals surface area contributed by atoms with Gasteiger partial charge in [-0.1, -0.05) is 42.5 Å². The third kappa shape index (κ3) is 3.54. The van der Waals surface area contributed by atoms with Gasteiger partial charge in [-0.05, 0) is 47.4 Å². The van der Waals surface area contributed by atoms with Gasteiger partial charge in [-0.3, -0.25) is 4.79 Å². The molecule has 4 heteroatoms. The molecule has 26 heavy (non-hydrogen) atoms. The Kier molecular flexibility index (Phi) is 4.57. The van der Waals surface area contributed by atoms with E-state index >= 15 is 0 Å². The highest BCUT2D eigenvalue weighted by Gasteiger charge is 2.15. The molecule has 0 atom stereocenters. The standard InChI is InChI=1S/C22H21FN2O/c23-18-13-19(15-20(14-18)25-10-3-4-11-25)24-22(26)12-17-8-5-7-16-6-1-2-9-21(16)17/h1-2,5-9,13-15H,3-4,10-12H2,(H,24,26). The molecule has 3 aromatic rings. The summed E-state index contributed by atoms with van der Waals surface area (Å²) < 4.78 is 14.0. The number of hydrogen-bond donors (Lipinski definition) is 1. The Morgan fingerprint density at radius 2 is 1.77 bits per heavy atom. The lowest BCUT2D eigenvalue weighted by molar-refractivity contribution is -0.115. The number of fused-ring (bicyclic) bond motifs is 1. The zero-order valence-corrected chi connectivity index (χ0v) is 14.5. The molecule has 0 aliphatic carbocycles. The van der Waals surface area contributed by atoms with E-state index in [1.165, 1.54) is 12.1 Å². The average molecular weight is 348 g/mol. The molecule has 3 nitrogen and oxygen atoms in total. The monoisotopic (exact) mass is 348 g/mol. The molecule has 1 N–H and O–H groups in total. The number of anilines is 2. The molecule has 1 amide bonds. The number of benzene rings is 3. The summed E-state index contributed by atoms with van der Waals surface area (Å²) in [6.45, 7) is 1.87. The Hall–Kier alpha value is -2.88. The molecule has 3 aromatic carbocycles. The largest absolute Gasteiger partial charge is 0.371 e. The van der Waals surface area contributed by atoms with Crippen LogP contribution in [0.3, 0.4) is 0 Å². The van der Waals surface area contributed by atoms with Gasteiger partial charge in [0.25, 0.3) is 0 Å². The second-order valence-electron chi connectivity index (χ2n) is 6.76. The van der Waals surface area contributed by atoms with Crippen molar-refractivity contribution in [3.05, 3.63) is 72.0 Å². The molecule has 1 saturated heterocycles. The molecule has 0 spiro atoms. The summed E-state index contributed by atoms with van der Waals surface area (Å²) in [5.74, 6) is -0.464. The van der Waals surface area contributed by atoms with E-state index in [2.05, 4.69) is 10.2 Å². The Morgan fingerprint density at radius 3 is 2.62 bits per heavy atom. The summed E-state index contributed by atoms with van der Waals surface area (Å²) >= 11 is 0. The van der Waals surface area contributed by atoms with Gasteiger partial charge in [-0.25, -0.2) is 4.39 Å². The summed E-state index contributed by atoms with van der Waals surface area (Å²) in [4.78, 5) is 14.7. The molecule has 1 heterocycles. The SMILES string of the molecule is O=C(Cc1cccc2ccccc12)Nc1cc(F)cc(N2CCCC2)c1. The van der Waals surface area contributed by atoms with Gasteiger partial charge in [0.05, 0.1) is 6.42 Å². The number of amides is 1. The average Bonchev–Trinajstić information content (AvgIpc) is 3.16. The first-order valence-corrected chi connectivity index (χ1v) is 9.01. The molecular formula is C22H21FN2O. The van der Waals surface area contributed by atoms with Crippen LogP contribution in [0.1, 0.15) is 18.4 Å². The van der Waals surface area contributed by atoms with Crippen LogP contribution in [0, 0.1) is 5.82 Å². The molecule has 0 radical (unpaired) electrons. The van der Waals surface area contributed by atoms with Crippen LogP contribution in [0.4, 0.5) is 15.8 Å². The fourth-order valence-corrected chi connectivity index (χ4v) is 3.63. The van der Waals surface area contributed by atoms with Crippen molar-refractivity contribution in [2.24, 2.45) is 0 Å². The van der Waals surface area contributed by atoms with E-state index in [0.29, 0.717) is 5.69 Å². The zero-order chi connectivity index (χ0) is 17.9. The Morgan fingerprint density at radius 1 is 1.00 bits per heavy atom. The number of nitrogens with zero attached hydrogens (tertiary/aromatic N) is 1. The second-order valence-corrected chi connectivity index (χ2v) is 6.76. The summed E-state index contributed by atoms with van der Waals surface area (Å²) in [6, 6.07) is 18.7. The maximum atomic E-state index is 14.0. The quantitative estimate of drug-likeness (QED) is 0.737. The first-order chi connectivity index (χ1) is 12.7. The summed E-state index contributed by atoms with van der Waals surface area (Å²) in [6.07, 6.45) is 2.51. The molecule has 0 aromatic heterocycles. The normalized spacial score (nSPS) is 14.0. The molecule has 132 valence electrons. The predicted molar refractivity (Wildman–Crippen MR) is 104 cm³/mol. The molecule has 1 aliphatic rings. The van der Waals surface area contributed by atoms with E-state index in [0.717, 1.165) is 48.0 Å².